The van der Waals surface area contributed by atoms with Gasteiger partial charge in [0.15, 0.2) is 22.9 Å². The van der Waals surface area contributed by atoms with Crippen LogP contribution in [0, 0.1) is 28.6 Å². The van der Waals surface area contributed by atoms with Crippen LogP contribution in [0.25, 0.3) is 0 Å². The Morgan fingerprint density at radius 1 is 1.30 bits per heavy atom. The maximum absolute atomic E-state index is 17.2. The molecular weight excluding hydrogens is 454 g/mol. The van der Waals surface area contributed by atoms with E-state index in [1.165, 1.54) is 13.0 Å². The fraction of sp³-hybridized carbons (Fsp3) is 0.720. The lowest BCUT2D eigenvalue weighted by Gasteiger charge is -2.62. The van der Waals surface area contributed by atoms with Crippen LogP contribution in [0.5, 0.6) is 0 Å². The molecule has 33 heavy (non-hydrogen) atoms. The second-order valence-electron chi connectivity index (χ2n) is 10.6. The molecule has 182 valence electrons. The standard InChI is InChI=1S/C25H31ClF2O5/c1-5-20(32)33-25(19(31)12-26)13(2)10-16-14-6-7-15-21(27)17(29)8-9-22(15,3)24(14,28)18(30)11-23(16,25)4/h8-9,13-14,16,18,30H,5-7,10-12H2,1-4H3/t13-,14-,16-,18-,22-,23-,24-,25+/m0/s1. The van der Waals surface area contributed by atoms with Crippen molar-refractivity contribution in [1.29, 1.82) is 0 Å². The highest BCUT2D eigenvalue weighted by Gasteiger charge is 2.77. The lowest BCUT2D eigenvalue weighted by molar-refractivity contribution is -0.227. The van der Waals surface area contributed by atoms with Crippen LogP contribution in [0.2, 0.25) is 0 Å². The van der Waals surface area contributed by atoms with E-state index >= 15 is 4.39 Å². The van der Waals surface area contributed by atoms with Crippen LogP contribution in [-0.2, 0) is 19.1 Å². The predicted molar refractivity (Wildman–Crippen MR) is 118 cm³/mol. The Bertz CT molecular complexity index is 978. The lowest BCUT2D eigenvalue weighted by Crippen LogP contribution is -2.70. The Kier molecular flexibility index (Phi) is 5.73. The summed E-state index contributed by atoms with van der Waals surface area (Å²) in [4.78, 5) is 37.7. The zero-order valence-corrected chi connectivity index (χ0v) is 20.2. The number of ether oxygens (including phenoxy) is 1. The molecule has 0 aromatic rings. The zero-order chi connectivity index (χ0) is 24.6. The van der Waals surface area contributed by atoms with Crippen molar-refractivity contribution in [2.45, 2.75) is 77.2 Å². The summed E-state index contributed by atoms with van der Waals surface area (Å²) < 4.78 is 37.9. The molecule has 0 amide bonds. The first-order valence-electron chi connectivity index (χ1n) is 11.7. The Morgan fingerprint density at radius 2 is 1.97 bits per heavy atom. The average Bonchev–Trinajstić information content (AvgIpc) is 2.99. The monoisotopic (exact) mass is 484 g/mol. The second kappa shape index (κ2) is 7.70. The molecule has 0 unspecified atom stereocenters. The van der Waals surface area contributed by atoms with Gasteiger partial charge in [-0.05, 0) is 50.2 Å². The number of halogens is 3. The number of allylic oxidation sites excluding steroid dienone is 4. The molecule has 3 fully saturated rings. The maximum Gasteiger partial charge on any atom is 0.306 e. The number of rotatable bonds is 4. The van der Waals surface area contributed by atoms with Gasteiger partial charge in [-0.2, -0.15) is 0 Å². The first kappa shape index (κ1) is 24.5. The van der Waals surface area contributed by atoms with Gasteiger partial charge < -0.3 is 9.84 Å². The summed E-state index contributed by atoms with van der Waals surface area (Å²) in [5, 5.41) is 11.4. The Hall–Kier alpha value is -1.60. The quantitative estimate of drug-likeness (QED) is 0.472. The van der Waals surface area contributed by atoms with Crippen molar-refractivity contribution in [2.75, 3.05) is 5.88 Å². The molecule has 5 nitrogen and oxygen atoms in total. The highest BCUT2D eigenvalue weighted by molar-refractivity contribution is 6.29. The topological polar surface area (TPSA) is 80.7 Å². The normalized spacial score (nSPS) is 46.5. The molecule has 1 N–H and O–H groups in total. The van der Waals surface area contributed by atoms with Gasteiger partial charge in [-0.15, -0.1) is 11.6 Å². The summed E-state index contributed by atoms with van der Waals surface area (Å²) in [6, 6.07) is 0. The summed E-state index contributed by atoms with van der Waals surface area (Å²) in [7, 11) is 0. The first-order valence-corrected chi connectivity index (χ1v) is 12.2. The Labute approximate surface area is 197 Å². The summed E-state index contributed by atoms with van der Waals surface area (Å²) in [6.45, 7) is 6.75. The Balaban J connectivity index is 1.87. The van der Waals surface area contributed by atoms with E-state index in [-0.39, 0.29) is 37.1 Å². The second-order valence-corrected chi connectivity index (χ2v) is 10.9. The van der Waals surface area contributed by atoms with Gasteiger partial charge in [0.1, 0.15) is 0 Å². The van der Waals surface area contributed by atoms with Crippen LogP contribution < -0.4 is 0 Å². The molecule has 0 saturated heterocycles. The number of carbonyl (C=O) groups excluding carboxylic acids is 3. The van der Waals surface area contributed by atoms with Gasteiger partial charge in [0, 0.05) is 29.1 Å². The van der Waals surface area contributed by atoms with Crippen molar-refractivity contribution in [3.05, 3.63) is 23.6 Å². The highest BCUT2D eigenvalue weighted by Crippen LogP contribution is 2.71. The number of carbonyl (C=O) groups is 3. The third-order valence-corrected chi connectivity index (χ3v) is 9.62. The maximum atomic E-state index is 17.2. The molecule has 0 heterocycles. The molecule has 4 rings (SSSR count). The molecule has 0 aromatic heterocycles. The highest BCUT2D eigenvalue weighted by atomic mass is 35.5. The number of Topliss-reactive ketones (excluding diaryl/α,β-unsaturated/α-hetero) is 1. The minimum atomic E-state index is -2.24. The molecular formula is C25H31ClF2O5. The van der Waals surface area contributed by atoms with E-state index in [4.69, 9.17) is 16.3 Å². The van der Waals surface area contributed by atoms with Crippen LogP contribution in [-0.4, -0.2) is 45.9 Å². The minimum absolute atomic E-state index is 0.0636. The number of aliphatic hydroxyl groups excluding tert-OH is 1. The third-order valence-electron chi connectivity index (χ3n) is 9.37. The molecule has 0 aromatic carbocycles. The fourth-order valence-corrected chi connectivity index (χ4v) is 8.03. The number of ketones is 2. The minimum Gasteiger partial charge on any atom is -0.450 e. The van der Waals surface area contributed by atoms with E-state index in [1.54, 1.807) is 20.8 Å². The van der Waals surface area contributed by atoms with E-state index in [2.05, 4.69) is 0 Å². The number of hydrogen-bond acceptors (Lipinski definition) is 5. The van der Waals surface area contributed by atoms with E-state index in [0.29, 0.717) is 6.42 Å². The van der Waals surface area contributed by atoms with Gasteiger partial charge in [-0.1, -0.05) is 26.8 Å². The van der Waals surface area contributed by atoms with E-state index in [0.717, 1.165) is 6.08 Å². The molecule has 3 saturated carbocycles. The summed E-state index contributed by atoms with van der Waals surface area (Å²) in [5.41, 5.74) is -6.26. The summed E-state index contributed by atoms with van der Waals surface area (Å²) >= 11 is 5.98. The van der Waals surface area contributed by atoms with Crippen LogP contribution in [0.3, 0.4) is 0 Å². The van der Waals surface area contributed by atoms with Crippen LogP contribution in [0.15, 0.2) is 23.6 Å². The van der Waals surface area contributed by atoms with E-state index in [1.807, 2.05) is 0 Å². The number of aliphatic hydroxyl groups is 1. The summed E-state index contributed by atoms with van der Waals surface area (Å²) in [6.07, 6.45) is 1.57. The van der Waals surface area contributed by atoms with Crippen molar-refractivity contribution < 1.29 is 33.0 Å². The van der Waals surface area contributed by atoms with E-state index < -0.39 is 69.3 Å². The molecule has 0 bridgehead atoms. The molecule has 4 aliphatic carbocycles. The van der Waals surface area contributed by atoms with Gasteiger partial charge in [0.05, 0.1) is 12.0 Å². The molecule has 4 aliphatic rings. The number of hydrogen-bond donors (Lipinski definition) is 1. The van der Waals surface area contributed by atoms with Crippen molar-refractivity contribution in [3.63, 3.8) is 0 Å². The van der Waals surface area contributed by atoms with Crippen LogP contribution in [0.4, 0.5) is 8.78 Å². The van der Waals surface area contributed by atoms with Crippen LogP contribution >= 0.6 is 11.6 Å². The molecule has 0 spiro atoms. The van der Waals surface area contributed by atoms with Crippen molar-refractivity contribution in [1.82, 2.24) is 0 Å². The van der Waals surface area contributed by atoms with Gasteiger partial charge in [-0.3, -0.25) is 14.4 Å². The van der Waals surface area contributed by atoms with Gasteiger partial charge in [0.2, 0.25) is 5.78 Å². The van der Waals surface area contributed by atoms with Crippen molar-refractivity contribution in [2.24, 2.45) is 28.6 Å². The smallest absolute Gasteiger partial charge is 0.306 e. The number of fused-ring (bicyclic) bond motifs is 5. The fourth-order valence-electron chi connectivity index (χ4n) is 7.83. The number of esters is 1. The van der Waals surface area contributed by atoms with Gasteiger partial charge >= 0.3 is 5.97 Å². The average molecular weight is 485 g/mol. The van der Waals surface area contributed by atoms with E-state index in [9.17, 15) is 23.9 Å². The Morgan fingerprint density at radius 3 is 2.58 bits per heavy atom. The SMILES string of the molecule is CCC(=O)O[C@@]1(C(=O)CCl)[C@@H](C)C[C@H]2[C@@H]3CCC4=C(F)C(=O)C=C[C@]4(C)[C@@]3(F)[C@@H](O)C[C@@]21C. The van der Waals surface area contributed by atoms with Crippen molar-refractivity contribution >= 4 is 29.1 Å². The first-order chi connectivity index (χ1) is 15.3. The zero-order valence-electron chi connectivity index (χ0n) is 19.4. The third kappa shape index (κ3) is 2.81. The van der Waals surface area contributed by atoms with Gasteiger partial charge in [0.25, 0.3) is 0 Å². The largest absolute Gasteiger partial charge is 0.450 e. The van der Waals surface area contributed by atoms with Gasteiger partial charge in [-0.25, -0.2) is 8.78 Å². The molecule has 0 aliphatic heterocycles. The molecule has 8 heteroatoms. The predicted octanol–water partition coefficient (Wildman–Crippen LogP) is 4.40. The number of alkyl halides is 2. The lowest BCUT2D eigenvalue weighted by atomic mass is 9.44. The molecule has 0 radical (unpaired) electrons. The van der Waals surface area contributed by atoms with Crippen LogP contribution in [0.1, 0.15) is 59.8 Å². The molecule has 8 atom stereocenters. The summed E-state index contributed by atoms with van der Waals surface area (Å²) in [5.74, 6) is -4.67. The van der Waals surface area contributed by atoms with Crippen molar-refractivity contribution in [3.8, 4) is 0 Å².